The zero-order chi connectivity index (χ0) is 27.2. The number of quaternary nitrogens is 1. The molecule has 8 N–H and O–H groups in total. The van der Waals surface area contributed by atoms with Crippen LogP contribution < -0.4 is 32.3 Å². The molecule has 6 heterocycles. The summed E-state index contributed by atoms with van der Waals surface area (Å²) in [6, 6.07) is 0.871. The fourth-order valence-electron chi connectivity index (χ4n) is 7.66. The summed E-state index contributed by atoms with van der Waals surface area (Å²) in [5.41, 5.74) is 4.44. The lowest BCUT2D eigenvalue weighted by atomic mass is 9.84. The van der Waals surface area contributed by atoms with E-state index in [0.717, 1.165) is 37.6 Å². The van der Waals surface area contributed by atoms with E-state index in [2.05, 4.69) is 37.2 Å². The number of rotatable bonds is 6. The van der Waals surface area contributed by atoms with Crippen molar-refractivity contribution in [2.45, 2.75) is 78.6 Å². The van der Waals surface area contributed by atoms with Gasteiger partial charge in [-0.2, -0.15) is 0 Å². The Labute approximate surface area is 244 Å². The number of amides is 1. The lowest BCUT2D eigenvalue weighted by Gasteiger charge is -2.42. The quantitative estimate of drug-likeness (QED) is 0.216. The smallest absolute Gasteiger partial charge is 0.226 e. The molecule has 0 bridgehead atoms. The molecule has 0 aromatic rings. The first-order valence-electron chi connectivity index (χ1n) is 15.2. The Kier molecular flexibility index (Phi) is 8.37. The molecular weight excluding hydrogens is 550 g/mol. The number of carbonyl (C=O) groups excluding carboxylic acids is 2. The number of morpholine rings is 1. The van der Waals surface area contributed by atoms with Gasteiger partial charge in [-0.25, -0.2) is 0 Å². The van der Waals surface area contributed by atoms with Crippen LogP contribution in [0.2, 0.25) is 0 Å². The molecule has 5 saturated heterocycles. The minimum absolute atomic E-state index is 0.0307. The number of nitrogens with zero attached hydrogens (tertiary/aromatic N) is 1. The Bertz CT molecular complexity index is 1000. The van der Waals surface area contributed by atoms with E-state index in [-0.39, 0.29) is 52.7 Å². The molecule has 0 radical (unpaired) electrons. The first-order valence-corrected chi connectivity index (χ1v) is 17.0. The highest BCUT2D eigenvalue weighted by Gasteiger charge is 2.51. The van der Waals surface area contributed by atoms with Gasteiger partial charge in [0.15, 0.2) is 5.78 Å². The van der Waals surface area contributed by atoms with Gasteiger partial charge in [0.1, 0.15) is 11.6 Å². The van der Waals surface area contributed by atoms with Gasteiger partial charge in [-0.15, -0.1) is 23.5 Å². The minimum atomic E-state index is -0.348. The van der Waals surface area contributed by atoms with Crippen molar-refractivity contribution in [3.8, 4) is 0 Å². The van der Waals surface area contributed by atoms with Crippen LogP contribution in [-0.2, 0) is 19.1 Å². The molecule has 1 aliphatic carbocycles. The molecular formula is C27H44N7O4S2+. The second kappa shape index (κ2) is 12.0. The maximum Gasteiger partial charge on any atom is 0.226 e. The molecule has 11 atom stereocenters. The van der Waals surface area contributed by atoms with Gasteiger partial charge in [0.05, 0.1) is 60.4 Å². The second-order valence-corrected chi connectivity index (χ2v) is 14.9. The first-order chi connectivity index (χ1) is 19.5. The molecule has 40 heavy (non-hydrogen) atoms. The molecule has 11 nitrogen and oxygen atoms in total. The fraction of sp³-hybridized carbons (Fsp3) is 0.852. The molecule has 7 rings (SSSR count). The standard InChI is InChI=1S/C27H43N7O4S2/c28-16-3-1-2-4-17(16)31-20-9-14-11-29-26(36)22(14)25(32-20)33-27-30-12-19(39-27)15-13-38-23-18(35)10-21(40-24(15)23)34-5-7-37-8-6-34/h10,14-17,19-20,22-25,27,30-33H,1-9,11-13,28H2,(H,29,36)/p+1/t14?,15?,16-,17+,19?,20?,22?,23?,24?,25?,27?/m1/s1. The van der Waals surface area contributed by atoms with Gasteiger partial charge in [-0.05, 0) is 25.2 Å². The molecule has 222 valence electrons. The van der Waals surface area contributed by atoms with Gasteiger partial charge in [-0.3, -0.25) is 30.9 Å². The maximum absolute atomic E-state index is 13.0. The van der Waals surface area contributed by atoms with E-state index >= 15 is 0 Å². The van der Waals surface area contributed by atoms with Crippen molar-refractivity contribution in [3.05, 3.63) is 11.1 Å². The first kappa shape index (κ1) is 27.9. The molecule has 0 aromatic carbocycles. The summed E-state index contributed by atoms with van der Waals surface area (Å²) < 4.78 is 11.6. The van der Waals surface area contributed by atoms with Gasteiger partial charge in [0, 0.05) is 49.8 Å². The third kappa shape index (κ3) is 5.58. The topological polar surface area (TPSA) is 144 Å². The fourth-order valence-corrected chi connectivity index (χ4v) is 10.7. The summed E-state index contributed by atoms with van der Waals surface area (Å²) in [5.74, 6) is 0.770. The van der Waals surface area contributed by atoms with Crippen LogP contribution in [-0.4, -0.2) is 109 Å². The predicted octanol–water partition coefficient (Wildman–Crippen LogP) is -1.41. The second-order valence-electron chi connectivity index (χ2n) is 12.4. The Hall–Kier alpha value is -0.900. The van der Waals surface area contributed by atoms with Crippen molar-refractivity contribution in [2.75, 3.05) is 46.0 Å². The number of fused-ring (bicyclic) bond motifs is 2. The van der Waals surface area contributed by atoms with Gasteiger partial charge in [-0.1, -0.05) is 6.42 Å². The van der Waals surface area contributed by atoms with Crippen LogP contribution in [0.1, 0.15) is 32.1 Å². The van der Waals surface area contributed by atoms with E-state index in [0.29, 0.717) is 43.1 Å². The number of piperidine rings is 1. The lowest BCUT2D eigenvalue weighted by Crippen LogP contribution is -2.73. The van der Waals surface area contributed by atoms with Crippen LogP contribution >= 0.6 is 23.5 Å². The van der Waals surface area contributed by atoms with Crippen molar-refractivity contribution in [2.24, 2.45) is 17.8 Å². The highest BCUT2D eigenvalue weighted by molar-refractivity contribution is 8.04. The van der Waals surface area contributed by atoms with E-state index < -0.39 is 0 Å². The number of thioether (sulfide) groups is 2. The van der Waals surface area contributed by atoms with Crippen molar-refractivity contribution in [3.63, 3.8) is 0 Å². The van der Waals surface area contributed by atoms with Crippen LogP contribution in [0, 0.1) is 17.8 Å². The molecule has 1 amide bonds. The summed E-state index contributed by atoms with van der Waals surface area (Å²) >= 11 is 3.71. The third-order valence-electron chi connectivity index (χ3n) is 9.89. The van der Waals surface area contributed by atoms with Crippen molar-refractivity contribution >= 4 is 35.2 Å². The van der Waals surface area contributed by atoms with E-state index in [1.807, 2.05) is 23.5 Å². The van der Waals surface area contributed by atoms with Gasteiger partial charge in [0.25, 0.3) is 0 Å². The van der Waals surface area contributed by atoms with E-state index in [9.17, 15) is 9.59 Å². The summed E-state index contributed by atoms with van der Waals surface area (Å²) in [5, 5.41) is 19.7. The zero-order valence-corrected chi connectivity index (χ0v) is 24.7. The molecule has 13 heteroatoms. The summed E-state index contributed by atoms with van der Waals surface area (Å²) in [6.45, 7) is 5.29. The van der Waals surface area contributed by atoms with Crippen molar-refractivity contribution in [1.29, 1.82) is 0 Å². The lowest BCUT2D eigenvalue weighted by molar-refractivity contribution is -0.431. The van der Waals surface area contributed by atoms with Crippen LogP contribution in [0.4, 0.5) is 0 Å². The molecule has 1 saturated carbocycles. The van der Waals surface area contributed by atoms with Gasteiger partial charge in [0.2, 0.25) is 5.91 Å². The largest absolute Gasteiger partial charge is 0.378 e. The number of carbonyl (C=O) groups is 2. The van der Waals surface area contributed by atoms with E-state index in [4.69, 9.17) is 9.47 Å². The van der Waals surface area contributed by atoms with Crippen LogP contribution in [0.3, 0.4) is 0 Å². The van der Waals surface area contributed by atoms with Crippen LogP contribution in [0.5, 0.6) is 0 Å². The number of hydrogen-bond acceptors (Lipinski definition) is 11. The Morgan fingerprint density at radius 2 is 1.95 bits per heavy atom. The number of nitrogens with one attached hydrogen (secondary N) is 5. The van der Waals surface area contributed by atoms with Crippen LogP contribution in [0.25, 0.3) is 0 Å². The maximum atomic E-state index is 13.0. The van der Waals surface area contributed by atoms with Gasteiger partial charge < -0.3 is 25.4 Å². The molecule has 7 aliphatic rings. The molecule has 9 unspecified atom stereocenters. The van der Waals surface area contributed by atoms with Crippen LogP contribution in [0.15, 0.2) is 11.1 Å². The van der Waals surface area contributed by atoms with Crippen molar-refractivity contribution in [1.82, 2.24) is 31.5 Å². The minimum Gasteiger partial charge on any atom is -0.378 e. The average Bonchev–Trinajstić information content (AvgIpc) is 3.69. The third-order valence-corrected chi connectivity index (χ3v) is 12.8. The Morgan fingerprint density at radius 3 is 2.80 bits per heavy atom. The number of hydrogen-bond donors (Lipinski definition) is 6. The molecule has 6 fully saturated rings. The molecule has 6 aliphatic heterocycles. The Balaban J connectivity index is 0.985. The normalized spacial score (nSPS) is 45.7. The highest BCUT2D eigenvalue weighted by Crippen LogP contribution is 2.46. The zero-order valence-electron chi connectivity index (χ0n) is 23.0. The monoisotopic (exact) mass is 594 g/mol. The highest BCUT2D eigenvalue weighted by atomic mass is 32.2. The summed E-state index contributed by atoms with van der Waals surface area (Å²) in [7, 11) is 0. The number of ether oxygens (including phenoxy) is 2. The van der Waals surface area contributed by atoms with Crippen molar-refractivity contribution < 1.29 is 24.8 Å². The van der Waals surface area contributed by atoms with Gasteiger partial charge >= 0.3 is 0 Å². The summed E-state index contributed by atoms with van der Waals surface area (Å²) in [4.78, 5) is 28.1. The summed E-state index contributed by atoms with van der Waals surface area (Å²) in [6.07, 6.45) is 7.33. The molecule has 0 aromatic heterocycles. The molecule has 0 spiro atoms. The average molecular weight is 595 g/mol. The van der Waals surface area contributed by atoms with E-state index in [1.165, 1.54) is 25.7 Å². The van der Waals surface area contributed by atoms with E-state index in [1.54, 1.807) is 6.08 Å². The number of ketones is 1. The Morgan fingerprint density at radius 1 is 1.10 bits per heavy atom. The predicted molar refractivity (Wildman–Crippen MR) is 154 cm³/mol. The SMILES string of the molecule is [NH3+][C@@H]1CCCC[C@@H]1NC1CC2CNC(=O)C2C(NC2NCC(C3COC4C(=O)C=C(N5CCOCC5)SC43)S2)N1.